The van der Waals surface area contributed by atoms with Crippen LogP contribution in [0.5, 0.6) is 0 Å². The molecule has 0 bridgehead atoms. The average molecular weight is 417 g/mol. The first-order chi connectivity index (χ1) is 14.0. The fourth-order valence-electron chi connectivity index (χ4n) is 3.84. The third kappa shape index (κ3) is 5.50. The van der Waals surface area contributed by atoms with Crippen LogP contribution in [0.25, 0.3) is 0 Å². The Balaban J connectivity index is 1.55. The fraction of sp³-hybridized carbons (Fsp3) is 1.00. The highest BCUT2D eigenvalue weighted by atomic mass is 16.6. The molecule has 3 saturated heterocycles. The van der Waals surface area contributed by atoms with Gasteiger partial charge in [0, 0.05) is 16.2 Å². The summed E-state index contributed by atoms with van der Waals surface area (Å²) in [4.78, 5) is 0. The van der Waals surface area contributed by atoms with Crippen molar-refractivity contribution in [3.05, 3.63) is 0 Å². The standard InChI is InChI=1S/C22H40O7/c1-4-20(10-25-11-20)9-24-8-19(29-17-22(6-3)14-27-15-22)18(7-23)28-16-21(5-2)12-26-13-21/h18-19,23H,4-17H2,1-3H3/t18-,19+/m0/s1. The largest absolute Gasteiger partial charge is 0.394 e. The van der Waals surface area contributed by atoms with Crippen LogP contribution in [0.1, 0.15) is 40.0 Å². The van der Waals surface area contributed by atoms with Gasteiger partial charge in [0.25, 0.3) is 0 Å². The van der Waals surface area contributed by atoms with Crippen molar-refractivity contribution in [2.75, 3.05) is 72.7 Å². The number of hydrogen-bond donors (Lipinski definition) is 1. The normalized spacial score (nSPS) is 26.1. The number of ether oxygens (including phenoxy) is 6. The van der Waals surface area contributed by atoms with E-state index in [2.05, 4.69) is 20.8 Å². The third-order valence-corrected chi connectivity index (χ3v) is 7.19. The Bertz CT molecular complexity index is 469. The van der Waals surface area contributed by atoms with Gasteiger partial charge in [-0.1, -0.05) is 20.8 Å². The lowest BCUT2D eigenvalue weighted by molar-refractivity contribution is -0.212. The van der Waals surface area contributed by atoms with E-state index in [1.807, 2.05) is 0 Å². The van der Waals surface area contributed by atoms with Crippen molar-refractivity contribution < 1.29 is 33.5 Å². The van der Waals surface area contributed by atoms with Gasteiger partial charge in [-0.05, 0) is 19.3 Å². The van der Waals surface area contributed by atoms with E-state index in [4.69, 9.17) is 28.4 Å². The summed E-state index contributed by atoms with van der Waals surface area (Å²) in [6.45, 7) is 13.0. The molecule has 0 spiro atoms. The van der Waals surface area contributed by atoms with Crippen molar-refractivity contribution in [3.63, 3.8) is 0 Å². The van der Waals surface area contributed by atoms with Crippen molar-refractivity contribution in [3.8, 4) is 0 Å². The molecule has 1 N–H and O–H groups in total. The molecule has 7 nitrogen and oxygen atoms in total. The maximum atomic E-state index is 10.0. The molecule has 3 fully saturated rings. The van der Waals surface area contributed by atoms with Gasteiger partial charge in [0.05, 0.1) is 72.7 Å². The van der Waals surface area contributed by atoms with Gasteiger partial charge < -0.3 is 33.5 Å². The van der Waals surface area contributed by atoms with Gasteiger partial charge in [-0.2, -0.15) is 0 Å². The zero-order valence-electron chi connectivity index (χ0n) is 18.5. The van der Waals surface area contributed by atoms with Crippen LogP contribution in [-0.2, 0) is 28.4 Å². The minimum atomic E-state index is -0.413. The molecule has 0 unspecified atom stereocenters. The molecule has 0 aromatic rings. The minimum Gasteiger partial charge on any atom is -0.394 e. The fourth-order valence-corrected chi connectivity index (χ4v) is 3.84. The molecule has 29 heavy (non-hydrogen) atoms. The van der Waals surface area contributed by atoms with Crippen LogP contribution in [-0.4, -0.2) is 90.0 Å². The predicted molar refractivity (Wildman–Crippen MR) is 108 cm³/mol. The van der Waals surface area contributed by atoms with Gasteiger partial charge in [0.15, 0.2) is 0 Å². The van der Waals surface area contributed by atoms with E-state index in [0.717, 1.165) is 58.9 Å². The Hall–Kier alpha value is -0.280. The Morgan fingerprint density at radius 2 is 1.10 bits per heavy atom. The van der Waals surface area contributed by atoms with E-state index in [0.29, 0.717) is 26.4 Å². The van der Waals surface area contributed by atoms with Gasteiger partial charge in [0.1, 0.15) is 12.2 Å². The van der Waals surface area contributed by atoms with Crippen molar-refractivity contribution in [1.29, 1.82) is 0 Å². The maximum Gasteiger partial charge on any atom is 0.109 e. The molecule has 7 heteroatoms. The molecule has 3 aliphatic rings. The summed E-state index contributed by atoms with van der Waals surface area (Å²) >= 11 is 0. The van der Waals surface area contributed by atoms with Crippen molar-refractivity contribution in [2.24, 2.45) is 16.2 Å². The lowest BCUT2D eigenvalue weighted by atomic mass is 9.84. The highest BCUT2D eigenvalue weighted by molar-refractivity contribution is 4.88. The van der Waals surface area contributed by atoms with E-state index in [-0.39, 0.29) is 29.0 Å². The van der Waals surface area contributed by atoms with Gasteiger partial charge in [0.2, 0.25) is 0 Å². The predicted octanol–water partition coefficient (Wildman–Crippen LogP) is 2.05. The van der Waals surface area contributed by atoms with Crippen LogP contribution in [0.15, 0.2) is 0 Å². The summed E-state index contributed by atoms with van der Waals surface area (Å²) in [5.41, 5.74) is 0.278. The molecule has 2 atom stereocenters. The molecule has 170 valence electrons. The number of rotatable bonds is 15. The lowest BCUT2D eigenvalue weighted by Gasteiger charge is -2.44. The first-order valence-corrected chi connectivity index (χ1v) is 11.2. The highest BCUT2D eigenvalue weighted by Crippen LogP contribution is 2.34. The van der Waals surface area contributed by atoms with E-state index < -0.39 is 6.10 Å². The van der Waals surface area contributed by atoms with Crippen LogP contribution in [0, 0.1) is 16.2 Å². The maximum absolute atomic E-state index is 10.0. The first-order valence-electron chi connectivity index (χ1n) is 11.2. The number of aliphatic hydroxyl groups is 1. The summed E-state index contributed by atoms with van der Waals surface area (Å²) in [7, 11) is 0. The van der Waals surface area contributed by atoms with Crippen molar-refractivity contribution in [2.45, 2.75) is 52.2 Å². The second kappa shape index (κ2) is 10.4. The van der Waals surface area contributed by atoms with Gasteiger partial charge >= 0.3 is 0 Å². The molecular weight excluding hydrogens is 376 g/mol. The number of hydrogen-bond acceptors (Lipinski definition) is 7. The number of aliphatic hydroxyl groups excluding tert-OH is 1. The summed E-state index contributed by atoms with van der Waals surface area (Å²) in [6.07, 6.45) is 2.33. The molecular formula is C22H40O7. The Morgan fingerprint density at radius 1 is 0.690 bits per heavy atom. The molecule has 0 amide bonds. The third-order valence-electron chi connectivity index (χ3n) is 7.19. The van der Waals surface area contributed by atoms with Crippen molar-refractivity contribution in [1.82, 2.24) is 0 Å². The molecule has 0 radical (unpaired) electrons. The molecule has 0 aromatic carbocycles. The Kier molecular flexibility index (Phi) is 8.35. The summed E-state index contributed by atoms with van der Waals surface area (Å²) < 4.78 is 34.7. The van der Waals surface area contributed by atoms with Gasteiger partial charge in [-0.25, -0.2) is 0 Å². The second-order valence-electron chi connectivity index (χ2n) is 9.44. The molecule has 0 aliphatic carbocycles. The Labute approximate surface area is 175 Å². The SMILES string of the molecule is CCC1(COC[C@@H](OCC2(CC)COC2)[C@H](CO)OCC2(CC)COC2)COC1. The van der Waals surface area contributed by atoms with Crippen LogP contribution in [0.4, 0.5) is 0 Å². The zero-order valence-corrected chi connectivity index (χ0v) is 18.5. The highest BCUT2D eigenvalue weighted by Gasteiger charge is 2.41. The van der Waals surface area contributed by atoms with Crippen LogP contribution < -0.4 is 0 Å². The minimum absolute atomic E-state index is 0.0703. The molecule has 0 aromatic heterocycles. The molecule has 0 saturated carbocycles. The summed E-state index contributed by atoms with van der Waals surface area (Å²) in [5.74, 6) is 0. The first kappa shape index (κ1) is 23.4. The average Bonchev–Trinajstić information content (AvgIpc) is 2.64. The monoisotopic (exact) mass is 416 g/mol. The topological polar surface area (TPSA) is 75.6 Å². The lowest BCUT2D eigenvalue weighted by Crippen LogP contribution is -2.51. The zero-order chi connectivity index (χ0) is 20.8. The quantitative estimate of drug-likeness (QED) is 0.438. The van der Waals surface area contributed by atoms with Crippen LogP contribution in [0.2, 0.25) is 0 Å². The van der Waals surface area contributed by atoms with Gasteiger partial charge in [-0.3, -0.25) is 0 Å². The van der Waals surface area contributed by atoms with E-state index in [1.54, 1.807) is 0 Å². The summed E-state index contributed by atoms with van der Waals surface area (Å²) in [6, 6.07) is 0. The van der Waals surface area contributed by atoms with E-state index in [9.17, 15) is 5.11 Å². The van der Waals surface area contributed by atoms with Crippen molar-refractivity contribution >= 4 is 0 Å². The smallest absolute Gasteiger partial charge is 0.109 e. The van der Waals surface area contributed by atoms with Gasteiger partial charge in [-0.15, -0.1) is 0 Å². The second-order valence-corrected chi connectivity index (χ2v) is 9.44. The molecule has 3 rings (SSSR count). The Morgan fingerprint density at radius 3 is 1.45 bits per heavy atom. The van der Waals surface area contributed by atoms with E-state index >= 15 is 0 Å². The van der Waals surface area contributed by atoms with E-state index in [1.165, 1.54) is 0 Å². The molecule has 3 heterocycles. The molecule has 3 aliphatic heterocycles. The summed E-state index contributed by atoms with van der Waals surface area (Å²) in [5, 5.41) is 10.0. The van der Waals surface area contributed by atoms with Crippen LogP contribution in [0.3, 0.4) is 0 Å². The van der Waals surface area contributed by atoms with Crippen LogP contribution >= 0.6 is 0 Å².